The third kappa shape index (κ3) is 2.54. The molecule has 1 fully saturated rings. The summed E-state index contributed by atoms with van der Waals surface area (Å²) in [6.07, 6.45) is 2.33. The van der Waals surface area contributed by atoms with Crippen LogP contribution in [0.15, 0.2) is 61.2 Å². The summed E-state index contributed by atoms with van der Waals surface area (Å²) in [4.78, 5) is 31.1. The zero-order valence-corrected chi connectivity index (χ0v) is 13.6. The van der Waals surface area contributed by atoms with Crippen molar-refractivity contribution < 1.29 is 9.59 Å². The molecule has 5 nitrogen and oxygen atoms in total. The summed E-state index contributed by atoms with van der Waals surface area (Å²) in [5.74, 6) is -0.452. The van der Waals surface area contributed by atoms with E-state index in [0.717, 1.165) is 16.6 Å². The molecule has 0 spiro atoms. The third-order valence-corrected chi connectivity index (χ3v) is 4.52. The molecule has 1 aromatic heterocycles. The van der Waals surface area contributed by atoms with Crippen molar-refractivity contribution >= 4 is 35.0 Å². The Hall–Kier alpha value is -3.21. The van der Waals surface area contributed by atoms with Crippen LogP contribution in [-0.4, -0.2) is 21.4 Å². The fourth-order valence-electron chi connectivity index (χ4n) is 3.33. The minimum Gasteiger partial charge on any atom is -0.285 e. The van der Waals surface area contributed by atoms with Crippen LogP contribution in [-0.2, 0) is 16.0 Å². The first-order valence-electron chi connectivity index (χ1n) is 8.19. The molecule has 1 saturated heterocycles. The van der Waals surface area contributed by atoms with Crippen molar-refractivity contribution in [3.8, 4) is 0 Å². The fraction of sp³-hybridized carbons (Fsp3) is 0.150. The van der Waals surface area contributed by atoms with Gasteiger partial charge in [-0.25, -0.2) is 9.88 Å². The average molecular weight is 331 g/mol. The summed E-state index contributed by atoms with van der Waals surface area (Å²) in [5.41, 5.74) is 2.59. The lowest BCUT2D eigenvalue weighted by atomic mass is 9.98. The molecular weight excluding hydrogens is 314 g/mol. The average Bonchev–Trinajstić information content (AvgIpc) is 3.12. The van der Waals surface area contributed by atoms with Crippen molar-refractivity contribution in [2.75, 3.05) is 4.90 Å². The van der Waals surface area contributed by atoms with Crippen molar-refractivity contribution in [3.05, 3.63) is 66.7 Å². The van der Waals surface area contributed by atoms with Crippen LogP contribution in [0.5, 0.6) is 0 Å². The molecule has 2 aromatic carbocycles. The highest BCUT2D eigenvalue weighted by molar-refractivity contribution is 6.20. The summed E-state index contributed by atoms with van der Waals surface area (Å²) in [7, 11) is 0. The number of amides is 2. The monoisotopic (exact) mass is 331 g/mol. The number of aromatic nitrogens is 2. The number of para-hydroxylation sites is 2. The van der Waals surface area contributed by atoms with E-state index >= 15 is 0 Å². The van der Waals surface area contributed by atoms with Crippen LogP contribution in [0.2, 0.25) is 0 Å². The normalized spacial score (nSPS) is 17.4. The molecule has 1 aliphatic rings. The van der Waals surface area contributed by atoms with Gasteiger partial charge in [0.1, 0.15) is 0 Å². The van der Waals surface area contributed by atoms with Gasteiger partial charge in [0.2, 0.25) is 17.8 Å². The van der Waals surface area contributed by atoms with Crippen LogP contribution in [0.1, 0.15) is 12.0 Å². The lowest BCUT2D eigenvalue weighted by Crippen LogP contribution is -2.32. The van der Waals surface area contributed by atoms with Crippen LogP contribution >= 0.6 is 0 Å². The molecule has 0 aliphatic carbocycles. The molecule has 0 saturated carbocycles. The predicted octanol–water partition coefficient (Wildman–Crippen LogP) is 3.26. The van der Waals surface area contributed by atoms with Gasteiger partial charge in [-0.15, -0.1) is 0 Å². The highest BCUT2D eigenvalue weighted by atomic mass is 16.2. The van der Waals surface area contributed by atoms with Gasteiger partial charge in [0.05, 0.1) is 17.0 Å². The van der Waals surface area contributed by atoms with Gasteiger partial charge in [-0.3, -0.25) is 14.2 Å². The first-order chi connectivity index (χ1) is 12.2. The van der Waals surface area contributed by atoms with Gasteiger partial charge in [0, 0.05) is 12.6 Å². The molecule has 2 amide bonds. The SMILES string of the molecule is C=Cn1c(N2C(=O)CC(Cc3ccccc3)C2=O)nc2ccccc21. The summed E-state index contributed by atoms with van der Waals surface area (Å²) in [6.45, 7) is 3.80. The van der Waals surface area contributed by atoms with Crippen molar-refractivity contribution in [2.45, 2.75) is 12.8 Å². The van der Waals surface area contributed by atoms with Crippen LogP contribution in [0, 0.1) is 5.92 Å². The van der Waals surface area contributed by atoms with Crippen LogP contribution in [0.3, 0.4) is 0 Å². The van der Waals surface area contributed by atoms with Gasteiger partial charge >= 0.3 is 0 Å². The molecular formula is C20H17N3O2. The zero-order valence-electron chi connectivity index (χ0n) is 13.6. The second kappa shape index (κ2) is 6.02. The highest BCUT2D eigenvalue weighted by Crippen LogP contribution is 2.30. The molecule has 0 radical (unpaired) electrons. The van der Waals surface area contributed by atoms with Gasteiger partial charge < -0.3 is 0 Å². The standard InChI is InChI=1S/C20H17N3O2/c1-2-22-17-11-7-6-10-16(17)21-20(22)23-18(24)13-15(19(23)25)12-14-8-4-3-5-9-14/h2-11,15H,1,12-13H2. The van der Waals surface area contributed by atoms with Crippen LogP contribution < -0.4 is 4.90 Å². The summed E-state index contributed by atoms with van der Waals surface area (Å²) in [5, 5.41) is 0. The smallest absolute Gasteiger partial charge is 0.240 e. The van der Waals surface area contributed by atoms with Crippen LogP contribution in [0.4, 0.5) is 5.95 Å². The predicted molar refractivity (Wildman–Crippen MR) is 96.9 cm³/mol. The Bertz CT molecular complexity index is 975. The Labute approximate surface area is 145 Å². The molecule has 4 rings (SSSR count). The highest BCUT2D eigenvalue weighted by Gasteiger charge is 2.41. The second-order valence-electron chi connectivity index (χ2n) is 6.11. The number of anilines is 1. The molecule has 1 unspecified atom stereocenters. The van der Waals surface area contributed by atoms with Crippen LogP contribution in [0.25, 0.3) is 17.2 Å². The third-order valence-electron chi connectivity index (χ3n) is 4.52. The summed E-state index contributed by atoms with van der Waals surface area (Å²) < 4.78 is 1.69. The molecule has 0 bridgehead atoms. The van der Waals surface area contributed by atoms with E-state index in [-0.39, 0.29) is 24.2 Å². The number of carbonyl (C=O) groups excluding carboxylic acids is 2. The number of rotatable bonds is 4. The molecule has 124 valence electrons. The Morgan fingerprint density at radius 3 is 2.56 bits per heavy atom. The fourth-order valence-corrected chi connectivity index (χ4v) is 3.33. The largest absolute Gasteiger partial charge is 0.285 e. The number of imidazole rings is 1. The number of hydrogen-bond donors (Lipinski definition) is 0. The van der Waals surface area contributed by atoms with Gasteiger partial charge in [0.25, 0.3) is 0 Å². The zero-order chi connectivity index (χ0) is 17.4. The minimum absolute atomic E-state index is 0.202. The van der Waals surface area contributed by atoms with Gasteiger partial charge in [-0.1, -0.05) is 49.0 Å². The molecule has 1 aliphatic heterocycles. The maximum Gasteiger partial charge on any atom is 0.240 e. The minimum atomic E-state index is -0.354. The quantitative estimate of drug-likeness (QED) is 0.690. The number of imide groups is 1. The van der Waals surface area contributed by atoms with Crippen molar-refractivity contribution in [2.24, 2.45) is 5.92 Å². The maximum atomic E-state index is 12.9. The van der Waals surface area contributed by atoms with E-state index in [1.807, 2.05) is 54.6 Å². The lowest BCUT2D eigenvalue weighted by molar-refractivity contribution is -0.122. The number of benzene rings is 2. The molecule has 2 heterocycles. The summed E-state index contributed by atoms with van der Waals surface area (Å²) >= 11 is 0. The lowest BCUT2D eigenvalue weighted by Gasteiger charge is -2.14. The Morgan fingerprint density at radius 2 is 1.80 bits per heavy atom. The molecule has 1 atom stereocenters. The van der Waals surface area contributed by atoms with E-state index in [0.29, 0.717) is 12.4 Å². The molecule has 5 heteroatoms. The van der Waals surface area contributed by atoms with Crippen molar-refractivity contribution in [1.82, 2.24) is 9.55 Å². The number of hydrogen-bond acceptors (Lipinski definition) is 3. The van der Waals surface area contributed by atoms with E-state index in [1.165, 1.54) is 4.90 Å². The van der Waals surface area contributed by atoms with E-state index in [1.54, 1.807) is 10.8 Å². The second-order valence-corrected chi connectivity index (χ2v) is 6.11. The summed E-state index contributed by atoms with van der Waals surface area (Å²) in [6, 6.07) is 17.3. The van der Waals surface area contributed by atoms with Gasteiger partial charge in [-0.2, -0.15) is 0 Å². The number of carbonyl (C=O) groups is 2. The molecule has 3 aromatic rings. The molecule has 0 N–H and O–H groups in total. The number of fused-ring (bicyclic) bond motifs is 1. The first-order valence-corrected chi connectivity index (χ1v) is 8.19. The van der Waals surface area contributed by atoms with Gasteiger partial charge in [-0.05, 0) is 24.1 Å². The topological polar surface area (TPSA) is 55.2 Å². The van der Waals surface area contributed by atoms with Gasteiger partial charge in [0.15, 0.2) is 0 Å². The molecule has 25 heavy (non-hydrogen) atoms. The van der Waals surface area contributed by atoms with E-state index in [9.17, 15) is 9.59 Å². The maximum absolute atomic E-state index is 12.9. The van der Waals surface area contributed by atoms with E-state index in [4.69, 9.17) is 0 Å². The Morgan fingerprint density at radius 1 is 1.08 bits per heavy atom. The Balaban J connectivity index is 1.70. The van der Waals surface area contributed by atoms with E-state index < -0.39 is 0 Å². The van der Waals surface area contributed by atoms with Crippen molar-refractivity contribution in [3.63, 3.8) is 0 Å². The Kier molecular flexibility index (Phi) is 3.69. The van der Waals surface area contributed by atoms with E-state index in [2.05, 4.69) is 11.6 Å². The number of nitrogens with zero attached hydrogens (tertiary/aromatic N) is 3. The van der Waals surface area contributed by atoms with Crippen molar-refractivity contribution in [1.29, 1.82) is 0 Å². The first kappa shape index (κ1) is 15.3.